The highest BCUT2D eigenvalue weighted by atomic mass is 32.1. The second-order valence-corrected chi connectivity index (χ2v) is 6.07. The highest BCUT2D eigenvalue weighted by Gasteiger charge is 2.13. The minimum atomic E-state index is 0.616. The maximum atomic E-state index is 4.54. The molecule has 0 saturated carbocycles. The van der Waals surface area contributed by atoms with Crippen LogP contribution in [0.25, 0.3) is 11.3 Å². The number of rotatable bonds is 4. The fourth-order valence-corrected chi connectivity index (χ4v) is 3.08. The smallest absolute Gasteiger partial charge is 0.0901 e. The average molecular weight is 273 g/mol. The van der Waals surface area contributed by atoms with E-state index in [4.69, 9.17) is 0 Å². The summed E-state index contributed by atoms with van der Waals surface area (Å²) in [6, 6.07) is 9.13. The molecule has 19 heavy (non-hydrogen) atoms. The Labute approximate surface area is 118 Å². The normalized spacial score (nSPS) is 18.7. The predicted octanol–water partition coefficient (Wildman–Crippen LogP) is 3.28. The molecule has 1 unspecified atom stereocenters. The molecule has 1 aliphatic heterocycles. The van der Waals surface area contributed by atoms with Crippen molar-refractivity contribution in [1.29, 1.82) is 0 Å². The second-order valence-electron chi connectivity index (χ2n) is 5.01. The molecule has 0 spiro atoms. The fourth-order valence-electron chi connectivity index (χ4n) is 2.46. The number of thiazole rings is 1. The Morgan fingerprint density at radius 1 is 1.47 bits per heavy atom. The first-order valence-corrected chi connectivity index (χ1v) is 7.69. The molecule has 2 heterocycles. The monoisotopic (exact) mass is 273 g/mol. The minimum Gasteiger partial charge on any atom is -0.383 e. The zero-order chi connectivity index (χ0) is 13.1. The van der Waals surface area contributed by atoms with E-state index in [1.54, 1.807) is 11.3 Å². The molecule has 1 atom stereocenters. The van der Waals surface area contributed by atoms with Gasteiger partial charge in [0, 0.05) is 29.2 Å². The van der Waals surface area contributed by atoms with Gasteiger partial charge in [-0.2, -0.15) is 0 Å². The molecule has 3 rings (SSSR count). The standard InChI is InChI=1S/C15H19N3S/c1-11-18-15(10-19-11)12-4-2-5-13(8-12)17-9-14-6-3-7-16-14/h2,4-5,8,10,14,16-17H,3,6-7,9H2,1H3. The van der Waals surface area contributed by atoms with Gasteiger partial charge in [-0.15, -0.1) is 11.3 Å². The lowest BCUT2D eigenvalue weighted by Crippen LogP contribution is -2.29. The third-order valence-electron chi connectivity index (χ3n) is 3.49. The van der Waals surface area contributed by atoms with Crippen molar-refractivity contribution in [1.82, 2.24) is 10.3 Å². The first-order valence-electron chi connectivity index (χ1n) is 6.81. The molecule has 1 aromatic heterocycles. The second kappa shape index (κ2) is 5.72. The van der Waals surface area contributed by atoms with Gasteiger partial charge in [0.25, 0.3) is 0 Å². The molecule has 3 nitrogen and oxygen atoms in total. The summed E-state index contributed by atoms with van der Waals surface area (Å²) in [7, 11) is 0. The van der Waals surface area contributed by atoms with Gasteiger partial charge in [-0.3, -0.25) is 0 Å². The van der Waals surface area contributed by atoms with E-state index >= 15 is 0 Å². The predicted molar refractivity (Wildman–Crippen MR) is 81.8 cm³/mol. The lowest BCUT2D eigenvalue weighted by molar-refractivity contribution is 0.633. The van der Waals surface area contributed by atoms with Crippen LogP contribution in [-0.2, 0) is 0 Å². The van der Waals surface area contributed by atoms with Crippen LogP contribution in [0.2, 0.25) is 0 Å². The van der Waals surface area contributed by atoms with Crippen molar-refractivity contribution in [3.05, 3.63) is 34.7 Å². The summed E-state index contributed by atoms with van der Waals surface area (Å²) in [5, 5.41) is 10.3. The van der Waals surface area contributed by atoms with Crippen molar-refractivity contribution >= 4 is 17.0 Å². The Hall–Kier alpha value is -1.39. The third-order valence-corrected chi connectivity index (χ3v) is 4.27. The van der Waals surface area contributed by atoms with E-state index in [1.165, 1.54) is 24.1 Å². The molecule has 100 valence electrons. The summed E-state index contributed by atoms with van der Waals surface area (Å²) in [5.41, 5.74) is 3.44. The van der Waals surface area contributed by atoms with Crippen molar-refractivity contribution in [2.75, 3.05) is 18.4 Å². The highest BCUT2D eigenvalue weighted by Crippen LogP contribution is 2.24. The average Bonchev–Trinajstić information content (AvgIpc) is 3.08. The Kier molecular flexibility index (Phi) is 3.80. The van der Waals surface area contributed by atoms with Crippen LogP contribution < -0.4 is 10.6 Å². The molecule has 1 aliphatic rings. The molecule has 0 radical (unpaired) electrons. The van der Waals surface area contributed by atoms with Gasteiger partial charge in [-0.1, -0.05) is 12.1 Å². The Morgan fingerprint density at radius 2 is 2.42 bits per heavy atom. The van der Waals surface area contributed by atoms with E-state index in [2.05, 4.69) is 45.3 Å². The van der Waals surface area contributed by atoms with Gasteiger partial charge in [0.2, 0.25) is 0 Å². The van der Waals surface area contributed by atoms with E-state index in [-0.39, 0.29) is 0 Å². The van der Waals surface area contributed by atoms with Gasteiger partial charge in [-0.25, -0.2) is 4.98 Å². The van der Waals surface area contributed by atoms with E-state index < -0.39 is 0 Å². The summed E-state index contributed by atoms with van der Waals surface area (Å²) in [6.45, 7) is 4.20. The fraction of sp³-hybridized carbons (Fsp3) is 0.400. The van der Waals surface area contributed by atoms with Gasteiger partial charge in [0.1, 0.15) is 0 Å². The summed E-state index contributed by atoms with van der Waals surface area (Å²) < 4.78 is 0. The minimum absolute atomic E-state index is 0.616. The van der Waals surface area contributed by atoms with Crippen molar-refractivity contribution < 1.29 is 0 Å². The molecule has 4 heteroatoms. The van der Waals surface area contributed by atoms with Crippen LogP contribution in [0.1, 0.15) is 17.8 Å². The molecule has 0 amide bonds. The lowest BCUT2D eigenvalue weighted by Gasteiger charge is -2.13. The largest absolute Gasteiger partial charge is 0.383 e. The number of benzene rings is 1. The number of hydrogen-bond donors (Lipinski definition) is 2. The summed E-state index contributed by atoms with van der Waals surface area (Å²) in [6.07, 6.45) is 2.57. The zero-order valence-corrected chi connectivity index (χ0v) is 12.0. The van der Waals surface area contributed by atoms with Gasteiger partial charge < -0.3 is 10.6 Å². The van der Waals surface area contributed by atoms with Crippen molar-refractivity contribution in [2.24, 2.45) is 0 Å². The molecular weight excluding hydrogens is 254 g/mol. The van der Waals surface area contributed by atoms with Crippen LogP contribution >= 0.6 is 11.3 Å². The number of nitrogens with zero attached hydrogens (tertiary/aromatic N) is 1. The molecule has 2 N–H and O–H groups in total. The van der Waals surface area contributed by atoms with Crippen LogP contribution in [-0.4, -0.2) is 24.1 Å². The molecule has 2 aromatic rings. The quantitative estimate of drug-likeness (QED) is 0.897. The number of aromatic nitrogens is 1. The lowest BCUT2D eigenvalue weighted by atomic mass is 10.1. The Bertz CT molecular complexity index is 544. The van der Waals surface area contributed by atoms with Crippen LogP contribution in [0.4, 0.5) is 5.69 Å². The van der Waals surface area contributed by atoms with Gasteiger partial charge in [0.05, 0.1) is 10.7 Å². The van der Waals surface area contributed by atoms with Crippen LogP contribution in [0.5, 0.6) is 0 Å². The molecule has 1 fully saturated rings. The molecule has 1 saturated heterocycles. The first kappa shape index (κ1) is 12.6. The van der Waals surface area contributed by atoms with Gasteiger partial charge >= 0.3 is 0 Å². The number of anilines is 1. The number of aryl methyl sites for hydroxylation is 1. The van der Waals surface area contributed by atoms with Gasteiger partial charge in [-0.05, 0) is 38.4 Å². The van der Waals surface area contributed by atoms with Crippen molar-refractivity contribution in [3.8, 4) is 11.3 Å². The number of nitrogens with one attached hydrogen (secondary N) is 2. The summed E-state index contributed by atoms with van der Waals surface area (Å²) in [5.74, 6) is 0. The third kappa shape index (κ3) is 3.14. The maximum Gasteiger partial charge on any atom is 0.0901 e. The summed E-state index contributed by atoms with van der Waals surface area (Å²) in [4.78, 5) is 4.54. The Morgan fingerprint density at radius 3 is 3.16 bits per heavy atom. The molecular formula is C15H19N3S. The van der Waals surface area contributed by atoms with Crippen LogP contribution in [0.15, 0.2) is 29.6 Å². The zero-order valence-electron chi connectivity index (χ0n) is 11.1. The Balaban J connectivity index is 1.69. The molecule has 1 aromatic carbocycles. The molecule has 0 aliphatic carbocycles. The summed E-state index contributed by atoms with van der Waals surface area (Å²) >= 11 is 1.70. The van der Waals surface area contributed by atoms with E-state index in [9.17, 15) is 0 Å². The number of hydrogen-bond acceptors (Lipinski definition) is 4. The highest BCUT2D eigenvalue weighted by molar-refractivity contribution is 7.09. The molecule has 0 bridgehead atoms. The van der Waals surface area contributed by atoms with Crippen LogP contribution in [0.3, 0.4) is 0 Å². The van der Waals surface area contributed by atoms with E-state index in [0.717, 1.165) is 23.8 Å². The van der Waals surface area contributed by atoms with Gasteiger partial charge in [0.15, 0.2) is 0 Å². The van der Waals surface area contributed by atoms with E-state index in [1.807, 2.05) is 6.92 Å². The van der Waals surface area contributed by atoms with E-state index in [0.29, 0.717) is 6.04 Å². The van der Waals surface area contributed by atoms with Crippen molar-refractivity contribution in [2.45, 2.75) is 25.8 Å². The maximum absolute atomic E-state index is 4.54. The topological polar surface area (TPSA) is 37.0 Å². The van der Waals surface area contributed by atoms with Crippen LogP contribution in [0, 0.1) is 6.92 Å². The SMILES string of the molecule is Cc1nc(-c2cccc(NCC3CCCN3)c2)cs1. The van der Waals surface area contributed by atoms with Crippen molar-refractivity contribution in [3.63, 3.8) is 0 Å². The first-order chi connectivity index (χ1) is 9.31.